The fourth-order valence-electron chi connectivity index (χ4n) is 1.97. The minimum absolute atomic E-state index is 0.199. The Kier molecular flexibility index (Phi) is 7.73. The number of rotatable bonds is 10. The van der Waals surface area contributed by atoms with E-state index in [0.29, 0.717) is 24.9 Å². The molecule has 4 nitrogen and oxygen atoms in total. The summed E-state index contributed by atoms with van der Waals surface area (Å²) in [6.07, 6.45) is 3.12. The van der Waals surface area contributed by atoms with Gasteiger partial charge in [0, 0.05) is 19.6 Å². The number of benzene rings is 1. The van der Waals surface area contributed by atoms with Crippen molar-refractivity contribution in [3.8, 4) is 5.75 Å². The Bertz CT molecular complexity index is 403. The molecule has 4 heteroatoms. The molecule has 0 saturated carbocycles. The van der Waals surface area contributed by atoms with E-state index in [1.807, 2.05) is 0 Å². The number of ether oxygens (including phenoxy) is 2. The first-order valence-corrected chi connectivity index (χ1v) is 7.18. The molecule has 0 radical (unpaired) electrons. The summed E-state index contributed by atoms with van der Waals surface area (Å²) in [5, 5.41) is 9.01. The lowest BCUT2D eigenvalue weighted by atomic mass is 10.1. The predicted molar refractivity (Wildman–Crippen MR) is 78.4 cm³/mol. The van der Waals surface area contributed by atoms with E-state index >= 15 is 0 Å². The van der Waals surface area contributed by atoms with Crippen molar-refractivity contribution in [2.75, 3.05) is 19.8 Å². The molecule has 1 rings (SSSR count). The van der Waals surface area contributed by atoms with E-state index in [9.17, 15) is 4.79 Å². The zero-order valence-electron chi connectivity index (χ0n) is 12.3. The first-order valence-electron chi connectivity index (χ1n) is 7.18. The van der Waals surface area contributed by atoms with Crippen LogP contribution in [0.5, 0.6) is 5.75 Å². The quantitative estimate of drug-likeness (QED) is 0.665. The van der Waals surface area contributed by atoms with Gasteiger partial charge in [-0.25, -0.2) is 4.79 Å². The van der Waals surface area contributed by atoms with Gasteiger partial charge in [0.05, 0.1) is 6.61 Å². The number of hydrogen-bond donors (Lipinski definition) is 1. The molecule has 0 bridgehead atoms. The van der Waals surface area contributed by atoms with Crippen molar-refractivity contribution in [3.05, 3.63) is 29.8 Å². The van der Waals surface area contributed by atoms with Gasteiger partial charge in [-0.3, -0.25) is 0 Å². The van der Waals surface area contributed by atoms with E-state index in [1.165, 1.54) is 12.8 Å². The monoisotopic (exact) mass is 280 g/mol. The van der Waals surface area contributed by atoms with Crippen LogP contribution in [0.2, 0.25) is 0 Å². The summed E-state index contributed by atoms with van der Waals surface area (Å²) in [5.74, 6) is 0.0400. The number of carboxylic acid groups (broad SMARTS) is 1. The third kappa shape index (κ3) is 6.06. The van der Waals surface area contributed by atoms with E-state index in [4.69, 9.17) is 14.6 Å². The van der Waals surface area contributed by atoms with Crippen LogP contribution >= 0.6 is 0 Å². The maximum atomic E-state index is 11.0. The van der Waals surface area contributed by atoms with E-state index in [0.717, 1.165) is 13.0 Å². The Balaban J connectivity index is 2.20. The molecule has 1 N–H and O–H groups in total. The fourth-order valence-corrected chi connectivity index (χ4v) is 1.97. The predicted octanol–water partition coefficient (Wildman–Crippen LogP) is 3.61. The molecule has 1 aromatic rings. The summed E-state index contributed by atoms with van der Waals surface area (Å²) < 4.78 is 11.1. The molecule has 1 aromatic carbocycles. The molecule has 20 heavy (non-hydrogen) atoms. The van der Waals surface area contributed by atoms with Gasteiger partial charge in [-0.2, -0.15) is 0 Å². The molecule has 0 aliphatic carbocycles. The van der Waals surface area contributed by atoms with Crippen molar-refractivity contribution in [1.82, 2.24) is 0 Å². The number of hydrogen-bond acceptors (Lipinski definition) is 3. The molecular formula is C16H24O4. The van der Waals surface area contributed by atoms with Gasteiger partial charge in [-0.1, -0.05) is 32.4 Å². The molecule has 1 unspecified atom stereocenters. The minimum atomic E-state index is -0.967. The first kappa shape index (κ1) is 16.5. The highest BCUT2D eigenvalue weighted by Crippen LogP contribution is 2.17. The molecule has 1 atom stereocenters. The topological polar surface area (TPSA) is 55.8 Å². The maximum Gasteiger partial charge on any atom is 0.339 e. The second kappa shape index (κ2) is 9.37. The van der Waals surface area contributed by atoms with Gasteiger partial charge in [0.15, 0.2) is 0 Å². The van der Waals surface area contributed by atoms with Crippen LogP contribution in [-0.4, -0.2) is 30.9 Å². The largest absolute Gasteiger partial charge is 0.493 e. The SMILES string of the molecule is CCCC(C)COCCCOc1ccccc1C(=O)O. The summed E-state index contributed by atoms with van der Waals surface area (Å²) in [7, 11) is 0. The third-order valence-electron chi connectivity index (χ3n) is 2.99. The van der Waals surface area contributed by atoms with Crippen molar-refractivity contribution in [3.63, 3.8) is 0 Å². The second-order valence-electron chi connectivity index (χ2n) is 4.97. The van der Waals surface area contributed by atoms with Crippen LogP contribution < -0.4 is 4.74 Å². The van der Waals surface area contributed by atoms with E-state index in [1.54, 1.807) is 24.3 Å². The first-order chi connectivity index (χ1) is 9.65. The Morgan fingerprint density at radius 3 is 2.75 bits per heavy atom. The minimum Gasteiger partial charge on any atom is -0.493 e. The molecule has 112 valence electrons. The van der Waals surface area contributed by atoms with Crippen molar-refractivity contribution < 1.29 is 19.4 Å². The molecule has 0 spiro atoms. The Morgan fingerprint density at radius 1 is 1.30 bits per heavy atom. The summed E-state index contributed by atoms with van der Waals surface area (Å²) >= 11 is 0. The fraction of sp³-hybridized carbons (Fsp3) is 0.562. The summed E-state index contributed by atoms with van der Waals surface area (Å²) in [4.78, 5) is 11.0. The lowest BCUT2D eigenvalue weighted by molar-refractivity contribution is 0.0690. The van der Waals surface area contributed by atoms with E-state index in [2.05, 4.69) is 13.8 Å². The zero-order chi connectivity index (χ0) is 14.8. The van der Waals surface area contributed by atoms with Gasteiger partial charge in [-0.05, 0) is 24.5 Å². The number of para-hydroxylation sites is 1. The van der Waals surface area contributed by atoms with Gasteiger partial charge < -0.3 is 14.6 Å². The molecular weight excluding hydrogens is 256 g/mol. The maximum absolute atomic E-state index is 11.0. The van der Waals surface area contributed by atoms with Crippen LogP contribution in [0.1, 0.15) is 43.5 Å². The summed E-state index contributed by atoms with van der Waals surface area (Å²) in [6.45, 7) is 6.24. The van der Waals surface area contributed by atoms with Crippen molar-refractivity contribution in [1.29, 1.82) is 0 Å². The summed E-state index contributed by atoms with van der Waals surface area (Å²) in [6, 6.07) is 6.67. The lowest BCUT2D eigenvalue weighted by Gasteiger charge is -2.11. The van der Waals surface area contributed by atoms with E-state index in [-0.39, 0.29) is 5.56 Å². The normalized spacial score (nSPS) is 12.1. The highest BCUT2D eigenvalue weighted by Gasteiger charge is 2.09. The van der Waals surface area contributed by atoms with Gasteiger partial charge >= 0.3 is 5.97 Å². The van der Waals surface area contributed by atoms with Crippen molar-refractivity contribution in [2.24, 2.45) is 5.92 Å². The van der Waals surface area contributed by atoms with Crippen LogP contribution in [0.15, 0.2) is 24.3 Å². The summed E-state index contributed by atoms with van der Waals surface area (Å²) in [5.41, 5.74) is 0.199. The lowest BCUT2D eigenvalue weighted by Crippen LogP contribution is -2.10. The Hall–Kier alpha value is -1.55. The molecule has 0 aliphatic heterocycles. The number of aromatic carboxylic acids is 1. The third-order valence-corrected chi connectivity index (χ3v) is 2.99. The molecule has 0 heterocycles. The van der Waals surface area contributed by atoms with Crippen molar-refractivity contribution >= 4 is 5.97 Å². The molecule has 0 fully saturated rings. The second-order valence-corrected chi connectivity index (χ2v) is 4.97. The number of carbonyl (C=O) groups is 1. The molecule has 0 amide bonds. The average Bonchev–Trinajstić information content (AvgIpc) is 2.43. The average molecular weight is 280 g/mol. The highest BCUT2D eigenvalue weighted by molar-refractivity contribution is 5.90. The van der Waals surface area contributed by atoms with Gasteiger partial charge in [0.1, 0.15) is 11.3 Å². The van der Waals surface area contributed by atoms with Crippen LogP contribution in [0, 0.1) is 5.92 Å². The Labute approximate surface area is 120 Å². The van der Waals surface area contributed by atoms with E-state index < -0.39 is 5.97 Å². The zero-order valence-corrected chi connectivity index (χ0v) is 12.3. The Morgan fingerprint density at radius 2 is 2.05 bits per heavy atom. The smallest absolute Gasteiger partial charge is 0.339 e. The van der Waals surface area contributed by atoms with Gasteiger partial charge in [0.25, 0.3) is 0 Å². The molecule has 0 aliphatic rings. The molecule has 0 saturated heterocycles. The van der Waals surface area contributed by atoms with Crippen molar-refractivity contribution in [2.45, 2.75) is 33.1 Å². The van der Waals surface area contributed by atoms with Crippen LogP contribution in [0.4, 0.5) is 0 Å². The van der Waals surface area contributed by atoms with Crippen LogP contribution in [-0.2, 0) is 4.74 Å². The highest BCUT2D eigenvalue weighted by atomic mass is 16.5. The standard InChI is InChI=1S/C16H24O4/c1-3-7-13(2)12-19-10-6-11-20-15-9-5-4-8-14(15)16(17)18/h4-5,8-9,13H,3,6-7,10-12H2,1-2H3,(H,17,18). The molecule has 0 aromatic heterocycles. The van der Waals surface area contributed by atoms with Gasteiger partial charge in [0.2, 0.25) is 0 Å². The number of carboxylic acids is 1. The van der Waals surface area contributed by atoms with Crippen LogP contribution in [0.25, 0.3) is 0 Å². The van der Waals surface area contributed by atoms with Crippen LogP contribution in [0.3, 0.4) is 0 Å². The van der Waals surface area contributed by atoms with Gasteiger partial charge in [-0.15, -0.1) is 0 Å².